The smallest absolute Gasteiger partial charge is 0.332 e. The number of para-hydroxylation sites is 1. The molecule has 204 valence electrons. The van der Waals surface area contributed by atoms with Gasteiger partial charge >= 0.3 is 6.18 Å². The van der Waals surface area contributed by atoms with Gasteiger partial charge in [-0.1, -0.05) is 54.1 Å². The maximum Gasteiger partial charge on any atom is 0.416 e. The average Bonchev–Trinajstić information content (AvgIpc) is 3.26. The van der Waals surface area contributed by atoms with Crippen LogP contribution in [0.1, 0.15) is 27.2 Å². The Bertz CT molecular complexity index is 1810. The molecule has 1 aromatic heterocycles. The maximum absolute atomic E-state index is 13.3. The van der Waals surface area contributed by atoms with E-state index in [1.165, 1.54) is 6.07 Å². The highest BCUT2D eigenvalue weighted by Gasteiger charge is 2.31. The van der Waals surface area contributed by atoms with E-state index in [4.69, 9.17) is 0 Å². The molecule has 0 aliphatic heterocycles. The molecule has 2 N–H and O–H groups in total. The highest BCUT2D eigenvalue weighted by atomic mass is 32.2. The summed E-state index contributed by atoms with van der Waals surface area (Å²) in [5.41, 5.74) is 2.78. The molecule has 0 bridgehead atoms. The lowest BCUT2D eigenvalue weighted by molar-refractivity contribution is -0.137. The second-order valence-electron chi connectivity index (χ2n) is 9.33. The first kappa shape index (κ1) is 27.0. The third-order valence-electron chi connectivity index (χ3n) is 6.31. The number of hydrogen-bond donors (Lipinski definition) is 2. The number of nitrogens with one attached hydrogen (secondary N) is 2. The summed E-state index contributed by atoms with van der Waals surface area (Å²) in [6.45, 7) is 2.36. The van der Waals surface area contributed by atoms with Crippen molar-refractivity contribution >= 4 is 38.2 Å². The fourth-order valence-electron chi connectivity index (χ4n) is 4.46. The van der Waals surface area contributed by atoms with Gasteiger partial charge in [0.25, 0.3) is 15.9 Å². The predicted molar refractivity (Wildman–Crippen MR) is 149 cm³/mol. The van der Waals surface area contributed by atoms with Gasteiger partial charge in [-0.2, -0.15) is 13.2 Å². The SMILES string of the molecule is Cc1cccc(Cn2c(C(=O)Nc3ccccc3)cc3cc(NS(=O)(=O)c4cccc(C(F)(F)F)c4)ccc32)c1. The molecule has 0 unspecified atom stereocenters. The second-order valence-corrected chi connectivity index (χ2v) is 11.0. The zero-order valence-electron chi connectivity index (χ0n) is 21.2. The summed E-state index contributed by atoms with van der Waals surface area (Å²) in [5, 5.41) is 3.46. The number of sulfonamides is 1. The molecule has 0 spiro atoms. The number of amides is 1. The van der Waals surface area contributed by atoms with Gasteiger partial charge in [0, 0.05) is 28.8 Å². The number of aromatic nitrogens is 1. The number of rotatable bonds is 7. The van der Waals surface area contributed by atoms with Gasteiger partial charge < -0.3 is 9.88 Å². The summed E-state index contributed by atoms with van der Waals surface area (Å²) in [7, 11) is -4.31. The Morgan fingerprint density at radius 1 is 0.825 bits per heavy atom. The molecule has 0 radical (unpaired) electrons. The molecule has 1 heterocycles. The number of hydrogen-bond acceptors (Lipinski definition) is 3. The van der Waals surface area contributed by atoms with Crippen molar-refractivity contribution in [3.8, 4) is 0 Å². The van der Waals surface area contributed by atoms with Crippen LogP contribution in [0.5, 0.6) is 0 Å². The normalized spacial score (nSPS) is 11.9. The third-order valence-corrected chi connectivity index (χ3v) is 7.69. The van der Waals surface area contributed by atoms with Crippen molar-refractivity contribution in [2.24, 2.45) is 0 Å². The van der Waals surface area contributed by atoms with E-state index in [-0.39, 0.29) is 11.6 Å². The summed E-state index contributed by atoms with van der Waals surface area (Å²) in [6, 6.07) is 26.8. The van der Waals surface area contributed by atoms with E-state index in [1.807, 2.05) is 41.8 Å². The number of anilines is 2. The van der Waals surface area contributed by atoms with Gasteiger partial charge in [-0.3, -0.25) is 9.52 Å². The van der Waals surface area contributed by atoms with Gasteiger partial charge in [0.05, 0.1) is 10.5 Å². The Hall–Kier alpha value is -4.57. The van der Waals surface area contributed by atoms with E-state index in [9.17, 15) is 26.4 Å². The van der Waals surface area contributed by atoms with Crippen LogP contribution in [0.3, 0.4) is 0 Å². The van der Waals surface area contributed by atoms with Crippen molar-refractivity contribution in [1.29, 1.82) is 0 Å². The van der Waals surface area contributed by atoms with Crippen LogP contribution in [0.15, 0.2) is 108 Å². The molecule has 0 aliphatic rings. The standard InChI is InChI=1S/C30H24F3N3O3S/c1-20-7-5-8-21(15-20)19-36-27-14-13-25(35-40(38,39)26-12-6-9-23(18-26)30(31,32)33)16-22(27)17-28(36)29(37)34-24-10-3-2-4-11-24/h2-18,35H,19H2,1H3,(H,34,37). The number of benzene rings is 4. The van der Waals surface area contributed by atoms with Crippen LogP contribution in [0.25, 0.3) is 10.9 Å². The predicted octanol–water partition coefficient (Wildman–Crippen LogP) is 7.07. The first-order valence-electron chi connectivity index (χ1n) is 12.2. The number of carbonyl (C=O) groups excluding carboxylic acids is 1. The van der Waals surface area contributed by atoms with Crippen LogP contribution in [-0.2, 0) is 22.7 Å². The molecular formula is C30H24F3N3O3S. The molecule has 0 saturated carbocycles. The summed E-state index contributed by atoms with van der Waals surface area (Å²) < 4.78 is 69.4. The van der Waals surface area contributed by atoms with Crippen molar-refractivity contribution in [3.05, 3.63) is 126 Å². The molecule has 5 rings (SSSR count). The molecule has 0 saturated heterocycles. The number of alkyl halides is 3. The Morgan fingerprint density at radius 2 is 1.57 bits per heavy atom. The van der Waals surface area contributed by atoms with Crippen LogP contribution in [0.4, 0.5) is 24.5 Å². The topological polar surface area (TPSA) is 80.2 Å². The number of fused-ring (bicyclic) bond motifs is 1. The van der Waals surface area contributed by atoms with Crippen LogP contribution in [0.2, 0.25) is 0 Å². The number of nitrogens with zero attached hydrogens (tertiary/aromatic N) is 1. The number of aryl methyl sites for hydroxylation is 1. The van der Waals surface area contributed by atoms with E-state index >= 15 is 0 Å². The van der Waals surface area contributed by atoms with Crippen LogP contribution in [-0.4, -0.2) is 18.9 Å². The molecule has 40 heavy (non-hydrogen) atoms. The molecule has 0 fully saturated rings. The fourth-order valence-corrected chi connectivity index (χ4v) is 5.55. The zero-order valence-corrected chi connectivity index (χ0v) is 22.1. The number of carbonyl (C=O) groups is 1. The molecule has 1 amide bonds. The third kappa shape index (κ3) is 5.86. The quantitative estimate of drug-likeness (QED) is 0.222. The first-order chi connectivity index (χ1) is 19.0. The van der Waals surface area contributed by atoms with Crippen molar-refractivity contribution in [3.63, 3.8) is 0 Å². The maximum atomic E-state index is 13.3. The summed E-state index contributed by atoms with van der Waals surface area (Å²) in [5.74, 6) is -0.346. The van der Waals surface area contributed by atoms with Crippen LogP contribution < -0.4 is 10.0 Å². The largest absolute Gasteiger partial charge is 0.416 e. The minimum absolute atomic E-state index is 0.146. The summed E-state index contributed by atoms with van der Waals surface area (Å²) in [6.07, 6.45) is -4.68. The van der Waals surface area contributed by atoms with E-state index < -0.39 is 26.7 Å². The molecular weight excluding hydrogens is 539 g/mol. The van der Waals surface area contributed by atoms with Gasteiger partial charge in [0.1, 0.15) is 5.69 Å². The fraction of sp³-hybridized carbons (Fsp3) is 0.100. The van der Waals surface area contributed by atoms with Crippen molar-refractivity contribution < 1.29 is 26.4 Å². The molecule has 0 atom stereocenters. The average molecular weight is 564 g/mol. The lowest BCUT2D eigenvalue weighted by Gasteiger charge is -2.13. The summed E-state index contributed by atoms with van der Waals surface area (Å²) in [4.78, 5) is 12.8. The highest BCUT2D eigenvalue weighted by Crippen LogP contribution is 2.31. The van der Waals surface area contributed by atoms with Crippen LogP contribution >= 0.6 is 0 Å². The van der Waals surface area contributed by atoms with E-state index in [0.29, 0.717) is 34.9 Å². The highest BCUT2D eigenvalue weighted by molar-refractivity contribution is 7.92. The monoisotopic (exact) mass is 563 g/mol. The van der Waals surface area contributed by atoms with Crippen LogP contribution in [0, 0.1) is 6.92 Å². The van der Waals surface area contributed by atoms with Crippen molar-refractivity contribution in [1.82, 2.24) is 4.57 Å². The van der Waals surface area contributed by atoms with E-state index in [1.54, 1.807) is 42.5 Å². The Balaban J connectivity index is 1.52. The van der Waals surface area contributed by atoms with Gasteiger partial charge in [-0.05, 0) is 67.1 Å². The minimum atomic E-state index is -4.68. The lowest BCUT2D eigenvalue weighted by Crippen LogP contribution is -2.17. The summed E-state index contributed by atoms with van der Waals surface area (Å²) >= 11 is 0. The lowest BCUT2D eigenvalue weighted by atomic mass is 10.1. The minimum Gasteiger partial charge on any atom is -0.332 e. The molecule has 5 aromatic rings. The first-order valence-corrected chi connectivity index (χ1v) is 13.7. The molecule has 10 heteroatoms. The van der Waals surface area contributed by atoms with E-state index in [0.717, 1.165) is 29.3 Å². The Kier molecular flexibility index (Phi) is 7.12. The van der Waals surface area contributed by atoms with Crippen molar-refractivity contribution in [2.45, 2.75) is 24.5 Å². The van der Waals surface area contributed by atoms with Gasteiger partial charge in [0.2, 0.25) is 0 Å². The number of halogens is 3. The Labute approximate surface area is 229 Å². The van der Waals surface area contributed by atoms with Gasteiger partial charge in [-0.25, -0.2) is 8.42 Å². The zero-order chi connectivity index (χ0) is 28.5. The van der Waals surface area contributed by atoms with Crippen molar-refractivity contribution in [2.75, 3.05) is 10.0 Å². The molecule has 6 nitrogen and oxygen atoms in total. The van der Waals surface area contributed by atoms with Gasteiger partial charge in [0.15, 0.2) is 0 Å². The van der Waals surface area contributed by atoms with Gasteiger partial charge in [-0.15, -0.1) is 0 Å². The van der Waals surface area contributed by atoms with E-state index in [2.05, 4.69) is 10.0 Å². The second kappa shape index (κ2) is 10.5. The Morgan fingerprint density at radius 3 is 2.30 bits per heavy atom. The molecule has 0 aliphatic carbocycles. The molecule has 4 aromatic carbocycles.